The van der Waals surface area contributed by atoms with Gasteiger partial charge in [0.1, 0.15) is 5.82 Å². The van der Waals surface area contributed by atoms with Gasteiger partial charge in [0.2, 0.25) is 5.78 Å². The van der Waals surface area contributed by atoms with Crippen LogP contribution in [-0.4, -0.2) is 11.7 Å². The van der Waals surface area contributed by atoms with Crippen molar-refractivity contribution >= 4 is 5.78 Å². The molecule has 1 aromatic rings. The van der Waals surface area contributed by atoms with Crippen molar-refractivity contribution in [2.75, 3.05) is 0 Å². The van der Waals surface area contributed by atoms with Gasteiger partial charge >= 0.3 is 5.92 Å². The summed E-state index contributed by atoms with van der Waals surface area (Å²) >= 11 is 0. The lowest BCUT2D eigenvalue weighted by Gasteiger charge is -2.11. The molecular weight excluding hydrogens is 193 g/mol. The minimum absolute atomic E-state index is 0.168. The highest BCUT2D eigenvalue weighted by Crippen LogP contribution is 2.23. The van der Waals surface area contributed by atoms with Crippen molar-refractivity contribution in [3.8, 4) is 0 Å². The van der Waals surface area contributed by atoms with Gasteiger partial charge in [-0.15, -0.1) is 0 Å². The van der Waals surface area contributed by atoms with Crippen LogP contribution in [-0.2, 0) is 0 Å². The zero-order chi connectivity index (χ0) is 10.8. The van der Waals surface area contributed by atoms with E-state index in [1.54, 1.807) is 0 Å². The highest BCUT2D eigenvalue weighted by molar-refractivity contribution is 6.01. The fourth-order valence-electron chi connectivity index (χ4n) is 0.973. The summed E-state index contributed by atoms with van der Waals surface area (Å²) in [6, 6.07) is 4.08. The Hall–Kier alpha value is -1.32. The number of halogens is 3. The van der Waals surface area contributed by atoms with Crippen LogP contribution in [0.15, 0.2) is 24.3 Å². The van der Waals surface area contributed by atoms with Crippen LogP contribution in [0.5, 0.6) is 0 Å². The average Bonchev–Trinajstić information content (AvgIpc) is 2.18. The van der Waals surface area contributed by atoms with Crippen LogP contribution in [0.1, 0.15) is 23.7 Å². The Bertz CT molecular complexity index is 330. The van der Waals surface area contributed by atoms with E-state index < -0.39 is 23.9 Å². The minimum atomic E-state index is -3.36. The summed E-state index contributed by atoms with van der Waals surface area (Å²) in [6.07, 6.45) is -0.552. The number of hydrogen-bond donors (Lipinski definition) is 0. The van der Waals surface area contributed by atoms with E-state index in [9.17, 15) is 18.0 Å². The molecule has 0 unspecified atom stereocenters. The van der Waals surface area contributed by atoms with Crippen molar-refractivity contribution in [3.63, 3.8) is 0 Å². The van der Waals surface area contributed by atoms with Crippen molar-refractivity contribution in [3.05, 3.63) is 35.6 Å². The van der Waals surface area contributed by atoms with Gasteiger partial charge in [-0.05, 0) is 24.3 Å². The summed E-state index contributed by atoms with van der Waals surface area (Å²) in [6.45, 7) is 1.22. The molecule has 0 aliphatic rings. The highest BCUT2D eigenvalue weighted by Gasteiger charge is 2.36. The van der Waals surface area contributed by atoms with E-state index in [1.165, 1.54) is 6.92 Å². The van der Waals surface area contributed by atoms with Gasteiger partial charge in [0, 0.05) is 12.0 Å². The normalized spacial score (nSPS) is 11.4. The van der Waals surface area contributed by atoms with E-state index >= 15 is 0 Å². The molecule has 0 aliphatic carbocycles. The molecule has 4 heteroatoms. The number of hydrogen-bond acceptors (Lipinski definition) is 1. The SMILES string of the molecule is CCC(F)(F)C(=O)c1ccc(F)cc1. The largest absolute Gasteiger partial charge is 0.309 e. The zero-order valence-electron chi connectivity index (χ0n) is 7.56. The Labute approximate surface area is 79.5 Å². The first kappa shape index (κ1) is 10.8. The second-order valence-electron chi connectivity index (χ2n) is 2.89. The van der Waals surface area contributed by atoms with E-state index in [1.807, 2.05) is 0 Å². The molecule has 0 aliphatic heterocycles. The maximum absolute atomic E-state index is 12.9. The Kier molecular flexibility index (Phi) is 2.93. The lowest BCUT2D eigenvalue weighted by molar-refractivity contribution is 0.00805. The van der Waals surface area contributed by atoms with Crippen molar-refractivity contribution in [2.24, 2.45) is 0 Å². The van der Waals surface area contributed by atoms with Crippen LogP contribution < -0.4 is 0 Å². The first-order chi connectivity index (χ1) is 6.47. The molecule has 0 aromatic heterocycles. The number of benzene rings is 1. The fraction of sp³-hybridized carbons (Fsp3) is 0.300. The van der Waals surface area contributed by atoms with Crippen molar-refractivity contribution in [1.29, 1.82) is 0 Å². The third kappa shape index (κ3) is 2.13. The van der Waals surface area contributed by atoms with Crippen molar-refractivity contribution < 1.29 is 18.0 Å². The van der Waals surface area contributed by atoms with Crippen LogP contribution in [0.3, 0.4) is 0 Å². The smallest absolute Gasteiger partial charge is 0.287 e. The Morgan fingerprint density at radius 3 is 2.21 bits per heavy atom. The quantitative estimate of drug-likeness (QED) is 0.688. The van der Waals surface area contributed by atoms with Gasteiger partial charge in [-0.3, -0.25) is 4.79 Å². The molecule has 1 aromatic carbocycles. The molecule has 0 atom stereocenters. The molecule has 76 valence electrons. The molecule has 1 nitrogen and oxygen atoms in total. The van der Waals surface area contributed by atoms with E-state index in [4.69, 9.17) is 0 Å². The van der Waals surface area contributed by atoms with E-state index in [-0.39, 0.29) is 5.56 Å². The monoisotopic (exact) mass is 202 g/mol. The van der Waals surface area contributed by atoms with E-state index in [2.05, 4.69) is 0 Å². The first-order valence-corrected chi connectivity index (χ1v) is 4.15. The summed E-state index contributed by atoms with van der Waals surface area (Å²) in [5.41, 5.74) is -0.168. The second-order valence-corrected chi connectivity index (χ2v) is 2.89. The van der Waals surface area contributed by atoms with Gasteiger partial charge in [0.15, 0.2) is 0 Å². The summed E-state index contributed by atoms with van der Waals surface area (Å²) in [7, 11) is 0. The van der Waals surface area contributed by atoms with E-state index in [0.29, 0.717) is 0 Å². The molecular formula is C10H9F3O. The van der Waals surface area contributed by atoms with Gasteiger partial charge in [-0.1, -0.05) is 6.92 Å². The number of alkyl halides is 2. The lowest BCUT2D eigenvalue weighted by atomic mass is 10.0. The van der Waals surface area contributed by atoms with Gasteiger partial charge in [0.25, 0.3) is 0 Å². The molecule has 0 saturated carbocycles. The molecule has 0 spiro atoms. The second kappa shape index (κ2) is 3.82. The molecule has 0 saturated heterocycles. The van der Waals surface area contributed by atoms with Gasteiger partial charge in [0.05, 0.1) is 0 Å². The number of ketones is 1. The van der Waals surface area contributed by atoms with E-state index in [0.717, 1.165) is 24.3 Å². The molecule has 0 amide bonds. The number of carbonyl (C=O) groups is 1. The molecule has 0 radical (unpaired) electrons. The van der Waals surface area contributed by atoms with Crippen molar-refractivity contribution in [1.82, 2.24) is 0 Å². The maximum Gasteiger partial charge on any atom is 0.309 e. The van der Waals surface area contributed by atoms with Gasteiger partial charge < -0.3 is 0 Å². The Balaban J connectivity index is 2.96. The van der Waals surface area contributed by atoms with Crippen LogP contribution in [0.4, 0.5) is 13.2 Å². The van der Waals surface area contributed by atoms with Crippen molar-refractivity contribution in [2.45, 2.75) is 19.3 Å². The van der Waals surface area contributed by atoms with Gasteiger partial charge in [-0.25, -0.2) is 4.39 Å². The third-order valence-electron chi connectivity index (χ3n) is 1.88. The molecule has 1 rings (SSSR count). The molecule has 0 N–H and O–H groups in total. The van der Waals surface area contributed by atoms with Crippen LogP contribution in [0.2, 0.25) is 0 Å². The summed E-state index contributed by atoms with van der Waals surface area (Å²) < 4.78 is 38.2. The minimum Gasteiger partial charge on any atom is -0.287 e. The van der Waals surface area contributed by atoms with Crippen LogP contribution in [0.25, 0.3) is 0 Å². The summed E-state index contributed by atoms with van der Waals surface area (Å²) in [4.78, 5) is 11.1. The zero-order valence-corrected chi connectivity index (χ0v) is 7.56. The molecule has 14 heavy (non-hydrogen) atoms. The van der Waals surface area contributed by atoms with Crippen LogP contribution >= 0.6 is 0 Å². The predicted octanol–water partition coefficient (Wildman–Crippen LogP) is 3.05. The number of rotatable bonds is 3. The molecule has 0 fully saturated rings. The molecule has 0 bridgehead atoms. The van der Waals surface area contributed by atoms with Gasteiger partial charge in [-0.2, -0.15) is 8.78 Å². The Morgan fingerprint density at radius 1 is 1.29 bits per heavy atom. The maximum atomic E-state index is 12.9. The third-order valence-corrected chi connectivity index (χ3v) is 1.88. The lowest BCUT2D eigenvalue weighted by Crippen LogP contribution is -2.27. The topological polar surface area (TPSA) is 17.1 Å². The van der Waals surface area contributed by atoms with Crippen LogP contribution in [0, 0.1) is 5.82 Å². The average molecular weight is 202 g/mol. The summed E-state index contributed by atoms with van der Waals surface area (Å²) in [5.74, 6) is -5.18. The number of Topliss-reactive ketones (excluding diaryl/α,β-unsaturated/α-hetero) is 1. The summed E-state index contributed by atoms with van der Waals surface area (Å²) in [5, 5.41) is 0. The number of carbonyl (C=O) groups excluding carboxylic acids is 1. The highest BCUT2D eigenvalue weighted by atomic mass is 19.3. The predicted molar refractivity (Wildman–Crippen MR) is 46.0 cm³/mol. The first-order valence-electron chi connectivity index (χ1n) is 4.15. The molecule has 0 heterocycles. The fourth-order valence-corrected chi connectivity index (χ4v) is 0.973. The Morgan fingerprint density at radius 2 is 1.79 bits per heavy atom. The standard InChI is InChI=1S/C10H9F3O/c1-2-10(12,13)9(14)7-3-5-8(11)6-4-7/h3-6H,2H2,1H3.